The third-order valence-electron chi connectivity index (χ3n) is 3.88. The quantitative estimate of drug-likeness (QED) is 0.886. The average molecular weight is 351 g/mol. The number of anilines is 1. The Labute approximate surface area is 146 Å². The molecule has 4 nitrogen and oxygen atoms in total. The molecular weight excluding hydrogens is 331 g/mol. The maximum Gasteiger partial charge on any atom is 0.255 e. The molecule has 0 bridgehead atoms. The number of rotatable bonds is 4. The van der Waals surface area contributed by atoms with Gasteiger partial charge in [-0.05, 0) is 61.3 Å². The second-order valence-corrected chi connectivity index (χ2v) is 5.40. The number of nitrogens with one attached hydrogen (secondary N) is 2. The summed E-state index contributed by atoms with van der Waals surface area (Å²) in [6.45, 7) is 3.88. The molecule has 6 heteroatoms. The molecule has 0 aromatic heterocycles. The fraction of sp³-hybridized carbons (Fsp3) is 0.278. The summed E-state index contributed by atoms with van der Waals surface area (Å²) in [4.78, 5) is 12.3. The van der Waals surface area contributed by atoms with Gasteiger partial charge in [-0.1, -0.05) is 6.07 Å². The number of fused-ring (bicyclic) bond motifs is 1. The molecule has 128 valence electrons. The van der Waals surface area contributed by atoms with Crippen molar-refractivity contribution in [1.29, 1.82) is 0 Å². The zero-order chi connectivity index (χ0) is 16.2. The SMILES string of the molecule is CCOc1ccc(C(=O)Nc2ccc3c(c2F)CCNC3)cc1.Cl. The van der Waals surface area contributed by atoms with Crippen LogP contribution in [0.2, 0.25) is 0 Å². The summed E-state index contributed by atoms with van der Waals surface area (Å²) >= 11 is 0. The van der Waals surface area contributed by atoms with Crippen LogP contribution in [-0.2, 0) is 13.0 Å². The molecule has 1 aliphatic rings. The van der Waals surface area contributed by atoms with Gasteiger partial charge in [-0.2, -0.15) is 0 Å². The van der Waals surface area contributed by atoms with Crippen molar-refractivity contribution < 1.29 is 13.9 Å². The second-order valence-electron chi connectivity index (χ2n) is 5.40. The largest absolute Gasteiger partial charge is 0.494 e. The maximum atomic E-state index is 14.5. The van der Waals surface area contributed by atoms with Gasteiger partial charge in [0, 0.05) is 12.1 Å². The van der Waals surface area contributed by atoms with Crippen LogP contribution in [0.4, 0.5) is 10.1 Å². The molecule has 1 aliphatic heterocycles. The van der Waals surface area contributed by atoms with Crippen molar-refractivity contribution in [2.75, 3.05) is 18.5 Å². The number of hydrogen-bond donors (Lipinski definition) is 2. The molecular formula is C18H20ClFN2O2. The highest BCUT2D eigenvalue weighted by Gasteiger charge is 2.18. The number of ether oxygens (including phenoxy) is 1. The number of amides is 1. The van der Waals surface area contributed by atoms with Crippen molar-refractivity contribution in [2.24, 2.45) is 0 Å². The van der Waals surface area contributed by atoms with Crippen LogP contribution in [0.1, 0.15) is 28.4 Å². The Hall–Kier alpha value is -2.11. The van der Waals surface area contributed by atoms with Gasteiger partial charge >= 0.3 is 0 Å². The number of carbonyl (C=O) groups is 1. The standard InChI is InChI=1S/C18H19FN2O2.ClH/c1-2-23-14-6-3-12(4-7-14)18(22)21-16-8-5-13-11-20-10-9-15(13)17(16)19;/h3-8,20H,2,9-11H2,1H3,(H,21,22);1H. The van der Waals surface area contributed by atoms with E-state index in [0.29, 0.717) is 36.4 Å². The minimum Gasteiger partial charge on any atom is -0.494 e. The molecule has 0 unspecified atom stereocenters. The predicted molar refractivity (Wildman–Crippen MR) is 94.6 cm³/mol. The number of halogens is 2. The first kappa shape index (κ1) is 18.2. The Morgan fingerprint density at radius 1 is 1.25 bits per heavy atom. The van der Waals surface area contributed by atoms with Crippen LogP contribution >= 0.6 is 12.4 Å². The molecule has 0 saturated heterocycles. The first-order valence-electron chi connectivity index (χ1n) is 7.74. The Morgan fingerprint density at radius 3 is 2.71 bits per heavy atom. The molecule has 24 heavy (non-hydrogen) atoms. The van der Waals surface area contributed by atoms with E-state index in [0.717, 1.165) is 12.1 Å². The summed E-state index contributed by atoms with van der Waals surface area (Å²) in [7, 11) is 0. The van der Waals surface area contributed by atoms with Crippen LogP contribution < -0.4 is 15.4 Å². The van der Waals surface area contributed by atoms with Crippen LogP contribution in [0.25, 0.3) is 0 Å². The molecule has 0 aliphatic carbocycles. The van der Waals surface area contributed by atoms with E-state index in [2.05, 4.69) is 10.6 Å². The molecule has 2 N–H and O–H groups in total. The lowest BCUT2D eigenvalue weighted by Crippen LogP contribution is -2.25. The molecule has 0 radical (unpaired) electrons. The Morgan fingerprint density at radius 2 is 2.00 bits per heavy atom. The van der Waals surface area contributed by atoms with Crippen LogP contribution in [0.3, 0.4) is 0 Å². The van der Waals surface area contributed by atoms with Crippen LogP contribution in [-0.4, -0.2) is 19.1 Å². The Kier molecular flexibility index (Phi) is 6.17. The molecule has 3 rings (SSSR count). The minimum atomic E-state index is -0.333. The van der Waals surface area contributed by atoms with Crippen molar-refractivity contribution in [1.82, 2.24) is 5.32 Å². The highest BCUT2D eigenvalue weighted by Crippen LogP contribution is 2.25. The van der Waals surface area contributed by atoms with Gasteiger partial charge in [0.05, 0.1) is 12.3 Å². The third-order valence-corrected chi connectivity index (χ3v) is 3.88. The lowest BCUT2D eigenvalue weighted by molar-refractivity contribution is 0.102. The lowest BCUT2D eigenvalue weighted by atomic mass is 9.99. The molecule has 1 amide bonds. The third kappa shape index (κ3) is 3.86. The molecule has 0 saturated carbocycles. The number of benzene rings is 2. The van der Waals surface area contributed by atoms with Crippen molar-refractivity contribution in [3.8, 4) is 5.75 Å². The number of hydrogen-bond acceptors (Lipinski definition) is 3. The van der Waals surface area contributed by atoms with E-state index in [1.807, 2.05) is 13.0 Å². The minimum absolute atomic E-state index is 0. The van der Waals surface area contributed by atoms with Gasteiger partial charge < -0.3 is 15.4 Å². The van der Waals surface area contributed by atoms with Gasteiger partial charge in [-0.3, -0.25) is 4.79 Å². The van der Waals surface area contributed by atoms with Gasteiger partial charge in [0.25, 0.3) is 5.91 Å². The Balaban J connectivity index is 0.00000208. The molecule has 2 aromatic carbocycles. The van der Waals surface area contributed by atoms with E-state index in [9.17, 15) is 9.18 Å². The van der Waals surface area contributed by atoms with Gasteiger partial charge in [-0.25, -0.2) is 4.39 Å². The van der Waals surface area contributed by atoms with Gasteiger partial charge in [-0.15, -0.1) is 12.4 Å². The molecule has 0 fully saturated rings. The zero-order valence-corrected chi connectivity index (χ0v) is 14.2. The van der Waals surface area contributed by atoms with E-state index in [4.69, 9.17) is 4.74 Å². The van der Waals surface area contributed by atoms with E-state index in [1.54, 1.807) is 30.3 Å². The molecule has 0 spiro atoms. The van der Waals surface area contributed by atoms with E-state index in [-0.39, 0.29) is 29.8 Å². The van der Waals surface area contributed by atoms with Crippen molar-refractivity contribution in [3.05, 3.63) is 58.9 Å². The van der Waals surface area contributed by atoms with E-state index in [1.165, 1.54) is 0 Å². The van der Waals surface area contributed by atoms with Crippen molar-refractivity contribution in [2.45, 2.75) is 19.9 Å². The lowest BCUT2D eigenvalue weighted by Gasteiger charge is -2.19. The highest BCUT2D eigenvalue weighted by molar-refractivity contribution is 6.04. The van der Waals surface area contributed by atoms with Crippen molar-refractivity contribution in [3.63, 3.8) is 0 Å². The normalized spacial score (nSPS) is 12.8. The molecule has 1 heterocycles. The average Bonchev–Trinajstić information content (AvgIpc) is 2.58. The van der Waals surface area contributed by atoms with Crippen molar-refractivity contribution >= 4 is 24.0 Å². The number of carbonyl (C=O) groups excluding carboxylic acids is 1. The summed E-state index contributed by atoms with van der Waals surface area (Å²) in [5.74, 6) is 0.0423. The Bertz CT molecular complexity index is 720. The molecule has 0 atom stereocenters. The maximum absolute atomic E-state index is 14.5. The van der Waals surface area contributed by atoms with Crippen LogP contribution in [0.15, 0.2) is 36.4 Å². The van der Waals surface area contributed by atoms with Crippen LogP contribution in [0, 0.1) is 5.82 Å². The summed E-state index contributed by atoms with van der Waals surface area (Å²) in [6.07, 6.45) is 0.633. The van der Waals surface area contributed by atoms with Crippen LogP contribution in [0.5, 0.6) is 5.75 Å². The summed E-state index contributed by atoms with van der Waals surface area (Å²) in [5, 5.41) is 5.86. The smallest absolute Gasteiger partial charge is 0.255 e. The van der Waals surface area contributed by atoms with E-state index >= 15 is 0 Å². The summed E-state index contributed by atoms with van der Waals surface area (Å²) in [5.41, 5.74) is 2.33. The fourth-order valence-electron chi connectivity index (χ4n) is 2.69. The summed E-state index contributed by atoms with van der Waals surface area (Å²) < 4.78 is 19.9. The first-order valence-corrected chi connectivity index (χ1v) is 7.74. The second kappa shape index (κ2) is 8.13. The van der Waals surface area contributed by atoms with E-state index < -0.39 is 0 Å². The zero-order valence-electron chi connectivity index (χ0n) is 13.4. The first-order chi connectivity index (χ1) is 11.2. The monoisotopic (exact) mass is 350 g/mol. The summed E-state index contributed by atoms with van der Waals surface area (Å²) in [6, 6.07) is 10.3. The van der Waals surface area contributed by atoms with Gasteiger partial charge in [0.2, 0.25) is 0 Å². The molecule has 2 aromatic rings. The highest BCUT2D eigenvalue weighted by atomic mass is 35.5. The topological polar surface area (TPSA) is 50.4 Å². The fourth-order valence-corrected chi connectivity index (χ4v) is 2.69. The van der Waals surface area contributed by atoms with Gasteiger partial charge in [0.15, 0.2) is 0 Å². The van der Waals surface area contributed by atoms with Gasteiger partial charge in [0.1, 0.15) is 11.6 Å². The predicted octanol–water partition coefficient (Wildman–Crippen LogP) is 3.54.